The Morgan fingerprint density at radius 3 is 2.63 bits per heavy atom. The molecule has 3 rings (SSSR count). The second kappa shape index (κ2) is 7.47. The van der Waals surface area contributed by atoms with E-state index in [0.29, 0.717) is 25.0 Å². The normalized spacial score (nSPS) is 20.5. The van der Waals surface area contributed by atoms with Crippen LogP contribution in [0.4, 0.5) is 17.6 Å². The van der Waals surface area contributed by atoms with E-state index in [1.165, 1.54) is 0 Å². The molecule has 0 bridgehead atoms. The number of amides is 1. The first-order valence-corrected chi connectivity index (χ1v) is 8.57. The summed E-state index contributed by atoms with van der Waals surface area (Å²) in [4.78, 5) is 12.3. The van der Waals surface area contributed by atoms with E-state index in [9.17, 15) is 27.5 Å². The lowest BCUT2D eigenvalue weighted by molar-refractivity contribution is -0.139. The summed E-state index contributed by atoms with van der Waals surface area (Å²) in [6.45, 7) is 0. The van der Waals surface area contributed by atoms with E-state index in [4.69, 9.17) is 16.1 Å². The maximum atomic E-state index is 13.8. The Morgan fingerprint density at radius 1 is 1.30 bits per heavy atom. The standard InChI is InChI=1S/C17H15ClF4N2O3/c18-13-14(8-5-6-9(10(19)7-8)17(20,21)22)24-27-15(13)16(26)23-11-3-1-2-4-12(11)25/h5-7,11-12,25H,1-4H2,(H,23,26)/t11?,12-/m0/s1. The van der Waals surface area contributed by atoms with Crippen molar-refractivity contribution in [2.45, 2.75) is 44.0 Å². The molecular weight excluding hydrogens is 392 g/mol. The quantitative estimate of drug-likeness (QED) is 0.750. The SMILES string of the molecule is O=C(NC1CCCC[C@@H]1O)c1onc(-c2ccc(C(F)(F)F)c(F)c2)c1Cl. The average Bonchev–Trinajstić information content (AvgIpc) is 2.97. The predicted molar refractivity (Wildman–Crippen MR) is 87.6 cm³/mol. The molecule has 1 amide bonds. The summed E-state index contributed by atoms with van der Waals surface area (Å²) in [7, 11) is 0. The molecule has 1 aromatic carbocycles. The lowest BCUT2D eigenvalue weighted by Crippen LogP contribution is -2.45. The molecule has 10 heteroatoms. The highest BCUT2D eigenvalue weighted by molar-refractivity contribution is 6.35. The highest BCUT2D eigenvalue weighted by atomic mass is 35.5. The van der Waals surface area contributed by atoms with E-state index in [1.807, 2.05) is 0 Å². The second-order valence-electron chi connectivity index (χ2n) is 6.30. The topological polar surface area (TPSA) is 75.4 Å². The number of nitrogens with zero attached hydrogens (tertiary/aromatic N) is 1. The molecule has 5 nitrogen and oxygen atoms in total. The molecule has 1 aliphatic rings. The zero-order chi connectivity index (χ0) is 19.8. The summed E-state index contributed by atoms with van der Waals surface area (Å²) >= 11 is 6.07. The third-order valence-electron chi connectivity index (χ3n) is 4.44. The Labute approximate surface area is 156 Å². The zero-order valence-electron chi connectivity index (χ0n) is 13.8. The lowest BCUT2D eigenvalue weighted by Gasteiger charge is -2.27. The number of halogens is 5. The largest absolute Gasteiger partial charge is 0.419 e. The van der Waals surface area contributed by atoms with Gasteiger partial charge in [-0.3, -0.25) is 4.79 Å². The van der Waals surface area contributed by atoms with Crippen LogP contribution < -0.4 is 5.32 Å². The van der Waals surface area contributed by atoms with E-state index in [-0.39, 0.29) is 22.0 Å². The monoisotopic (exact) mass is 406 g/mol. The Morgan fingerprint density at radius 2 is 2.00 bits per heavy atom. The molecular formula is C17H15ClF4N2O3. The summed E-state index contributed by atoms with van der Waals surface area (Å²) in [6, 6.07) is 1.72. The summed E-state index contributed by atoms with van der Waals surface area (Å²) in [6.07, 6.45) is -2.65. The first kappa shape index (κ1) is 19.6. The Kier molecular flexibility index (Phi) is 5.43. The molecule has 2 N–H and O–H groups in total. The Bertz CT molecular complexity index is 853. The van der Waals surface area contributed by atoms with Crippen molar-refractivity contribution in [2.24, 2.45) is 0 Å². The summed E-state index contributed by atoms with van der Waals surface area (Å²) in [5, 5.41) is 15.8. The summed E-state index contributed by atoms with van der Waals surface area (Å²) in [5.74, 6) is -2.56. The first-order chi connectivity index (χ1) is 12.7. The number of nitrogens with one attached hydrogen (secondary N) is 1. The van der Waals surface area contributed by atoms with Gasteiger partial charge in [-0.05, 0) is 25.0 Å². The van der Waals surface area contributed by atoms with Gasteiger partial charge < -0.3 is 14.9 Å². The number of aliphatic hydroxyl groups excluding tert-OH is 1. The van der Waals surface area contributed by atoms with Gasteiger partial charge in [0.15, 0.2) is 0 Å². The van der Waals surface area contributed by atoms with Crippen molar-refractivity contribution < 1.29 is 32.0 Å². The molecule has 1 unspecified atom stereocenters. The van der Waals surface area contributed by atoms with Crippen molar-refractivity contribution in [3.8, 4) is 11.3 Å². The highest BCUT2D eigenvalue weighted by Crippen LogP contribution is 2.35. The minimum Gasteiger partial charge on any atom is -0.391 e. The van der Waals surface area contributed by atoms with Crippen molar-refractivity contribution in [3.63, 3.8) is 0 Å². The fourth-order valence-electron chi connectivity index (χ4n) is 3.01. The van der Waals surface area contributed by atoms with Crippen LogP contribution in [0.15, 0.2) is 22.7 Å². The highest BCUT2D eigenvalue weighted by Gasteiger charge is 2.34. The van der Waals surface area contributed by atoms with Gasteiger partial charge in [-0.15, -0.1) is 0 Å². The van der Waals surface area contributed by atoms with Crippen LogP contribution in [0.3, 0.4) is 0 Å². The van der Waals surface area contributed by atoms with Gasteiger partial charge in [0.05, 0.1) is 17.7 Å². The van der Waals surface area contributed by atoms with Gasteiger partial charge in [0.2, 0.25) is 5.76 Å². The van der Waals surface area contributed by atoms with Crippen molar-refractivity contribution in [1.29, 1.82) is 0 Å². The van der Waals surface area contributed by atoms with Crippen LogP contribution in [-0.4, -0.2) is 28.3 Å². The van der Waals surface area contributed by atoms with Gasteiger partial charge in [-0.25, -0.2) is 4.39 Å². The molecule has 0 spiro atoms. The first-order valence-electron chi connectivity index (χ1n) is 8.19. The number of rotatable bonds is 3. The number of aromatic nitrogens is 1. The molecule has 1 aromatic heterocycles. The van der Waals surface area contributed by atoms with E-state index < -0.39 is 35.6 Å². The molecule has 0 saturated heterocycles. The number of benzene rings is 1. The van der Waals surface area contributed by atoms with Crippen molar-refractivity contribution in [1.82, 2.24) is 10.5 Å². The molecule has 27 heavy (non-hydrogen) atoms. The Hall–Kier alpha value is -2.13. The molecule has 0 radical (unpaired) electrons. The minimum atomic E-state index is -4.83. The van der Waals surface area contributed by atoms with Crippen LogP contribution in [0.25, 0.3) is 11.3 Å². The molecule has 146 valence electrons. The fourth-order valence-corrected chi connectivity index (χ4v) is 3.27. The molecule has 1 heterocycles. The van der Waals surface area contributed by atoms with Gasteiger partial charge in [0.1, 0.15) is 16.5 Å². The van der Waals surface area contributed by atoms with Crippen LogP contribution in [0, 0.1) is 5.82 Å². The van der Waals surface area contributed by atoms with Crippen molar-refractivity contribution in [3.05, 3.63) is 40.4 Å². The van der Waals surface area contributed by atoms with Gasteiger partial charge in [-0.1, -0.05) is 35.7 Å². The van der Waals surface area contributed by atoms with Gasteiger partial charge >= 0.3 is 6.18 Å². The van der Waals surface area contributed by atoms with Crippen LogP contribution in [-0.2, 0) is 6.18 Å². The number of aliphatic hydroxyl groups is 1. The minimum absolute atomic E-state index is 0.0639. The third-order valence-corrected chi connectivity index (χ3v) is 4.79. The molecule has 2 aromatic rings. The van der Waals surface area contributed by atoms with Crippen LogP contribution in [0.1, 0.15) is 41.8 Å². The van der Waals surface area contributed by atoms with Crippen molar-refractivity contribution >= 4 is 17.5 Å². The van der Waals surface area contributed by atoms with Gasteiger partial charge in [-0.2, -0.15) is 13.2 Å². The van der Waals surface area contributed by atoms with Gasteiger partial charge in [0, 0.05) is 5.56 Å². The smallest absolute Gasteiger partial charge is 0.391 e. The van der Waals surface area contributed by atoms with Gasteiger partial charge in [0.25, 0.3) is 5.91 Å². The summed E-state index contributed by atoms with van der Waals surface area (Å²) in [5.41, 5.74) is -1.64. The summed E-state index contributed by atoms with van der Waals surface area (Å²) < 4.78 is 56.6. The van der Waals surface area contributed by atoms with E-state index in [0.717, 1.165) is 18.9 Å². The van der Waals surface area contributed by atoms with Crippen LogP contribution in [0.5, 0.6) is 0 Å². The molecule has 1 aliphatic carbocycles. The maximum absolute atomic E-state index is 13.8. The third kappa shape index (κ3) is 4.08. The number of hydrogen-bond acceptors (Lipinski definition) is 4. The second-order valence-corrected chi connectivity index (χ2v) is 6.68. The molecule has 2 atom stereocenters. The number of alkyl halides is 3. The fraction of sp³-hybridized carbons (Fsp3) is 0.412. The van der Waals surface area contributed by atoms with E-state index in [1.54, 1.807) is 0 Å². The van der Waals surface area contributed by atoms with E-state index in [2.05, 4.69) is 10.5 Å². The number of hydrogen-bond donors (Lipinski definition) is 2. The van der Waals surface area contributed by atoms with Crippen molar-refractivity contribution in [2.75, 3.05) is 0 Å². The molecule has 1 fully saturated rings. The van der Waals surface area contributed by atoms with E-state index >= 15 is 0 Å². The average molecular weight is 407 g/mol. The van der Waals surface area contributed by atoms with Crippen LogP contribution in [0.2, 0.25) is 5.02 Å². The van der Waals surface area contributed by atoms with Crippen LogP contribution >= 0.6 is 11.6 Å². The lowest BCUT2D eigenvalue weighted by atomic mass is 9.92. The molecule has 0 aliphatic heterocycles. The number of carbonyl (C=O) groups is 1. The Balaban J connectivity index is 1.83. The molecule has 1 saturated carbocycles. The predicted octanol–water partition coefficient (Wildman–Crippen LogP) is 4.19. The zero-order valence-corrected chi connectivity index (χ0v) is 14.6. The number of carbonyl (C=O) groups excluding carboxylic acids is 1. The maximum Gasteiger partial charge on any atom is 0.419 e.